The summed E-state index contributed by atoms with van der Waals surface area (Å²) >= 11 is 0. The maximum atomic E-state index is 5.40. The monoisotopic (exact) mass is 258 g/mol. The molecule has 2 unspecified atom stereocenters. The fraction of sp³-hybridized carbons (Fsp3) is 0.500. The number of likely N-dealkylation sites (N-methyl/N-ethyl adjacent to an activating group) is 1. The highest BCUT2D eigenvalue weighted by Crippen LogP contribution is 2.39. The third-order valence-electron chi connectivity index (χ3n) is 4.56. The number of benzene rings is 1. The van der Waals surface area contributed by atoms with Crippen molar-refractivity contribution in [2.75, 3.05) is 21.2 Å². The minimum Gasteiger partial charge on any atom is -0.496 e. The molecule has 0 radical (unpaired) electrons. The van der Waals surface area contributed by atoms with Crippen molar-refractivity contribution in [1.29, 1.82) is 0 Å². The van der Waals surface area contributed by atoms with Crippen LogP contribution in [0.15, 0.2) is 24.4 Å². The van der Waals surface area contributed by atoms with Crippen LogP contribution in [0, 0.1) is 6.92 Å². The zero-order chi connectivity index (χ0) is 13.6. The number of hydrogen-bond donors (Lipinski definition) is 0. The van der Waals surface area contributed by atoms with Crippen molar-refractivity contribution in [3.05, 3.63) is 30.0 Å². The van der Waals surface area contributed by atoms with E-state index in [2.05, 4.69) is 54.9 Å². The van der Waals surface area contributed by atoms with Crippen LogP contribution >= 0.6 is 0 Å². The molecule has 3 rings (SSSR count). The van der Waals surface area contributed by atoms with Crippen LogP contribution in [-0.2, 0) is 0 Å². The van der Waals surface area contributed by atoms with Crippen molar-refractivity contribution in [3.63, 3.8) is 0 Å². The molecule has 102 valence electrons. The zero-order valence-corrected chi connectivity index (χ0v) is 12.2. The Morgan fingerprint density at radius 3 is 2.58 bits per heavy atom. The number of methoxy groups -OCH3 is 1. The summed E-state index contributed by atoms with van der Waals surface area (Å²) < 4.78 is 7.85. The average molecular weight is 258 g/mol. The van der Waals surface area contributed by atoms with Gasteiger partial charge < -0.3 is 14.2 Å². The van der Waals surface area contributed by atoms with E-state index in [9.17, 15) is 0 Å². The summed E-state index contributed by atoms with van der Waals surface area (Å²) in [5, 5.41) is 1.31. The lowest BCUT2D eigenvalue weighted by molar-refractivity contribution is 0.116. The molecule has 1 aromatic heterocycles. The van der Waals surface area contributed by atoms with Crippen molar-refractivity contribution >= 4 is 10.9 Å². The largest absolute Gasteiger partial charge is 0.496 e. The van der Waals surface area contributed by atoms with Gasteiger partial charge in [-0.2, -0.15) is 0 Å². The summed E-state index contributed by atoms with van der Waals surface area (Å²) in [6, 6.07) is 7.76. The number of nitrogens with zero attached hydrogens (tertiary/aromatic N) is 2. The van der Waals surface area contributed by atoms with Crippen molar-refractivity contribution in [3.8, 4) is 5.75 Å². The lowest BCUT2D eigenvalue weighted by Crippen LogP contribution is -2.43. The van der Waals surface area contributed by atoms with Gasteiger partial charge in [-0.1, -0.05) is 0 Å². The number of rotatable bonds is 3. The van der Waals surface area contributed by atoms with Crippen molar-refractivity contribution in [1.82, 2.24) is 9.47 Å². The molecule has 0 bridgehead atoms. The highest BCUT2D eigenvalue weighted by molar-refractivity contribution is 5.85. The third kappa shape index (κ3) is 1.84. The maximum absolute atomic E-state index is 5.40. The molecular weight excluding hydrogens is 236 g/mol. The number of aryl methyl sites for hydroxylation is 1. The van der Waals surface area contributed by atoms with E-state index in [1.807, 2.05) is 0 Å². The molecule has 1 aromatic carbocycles. The molecule has 3 nitrogen and oxygen atoms in total. The first-order chi connectivity index (χ1) is 9.13. The Labute approximate surface area is 114 Å². The summed E-state index contributed by atoms with van der Waals surface area (Å²) in [6.07, 6.45) is 4.81. The summed E-state index contributed by atoms with van der Waals surface area (Å²) in [5.74, 6) is 0.975. The van der Waals surface area contributed by atoms with Gasteiger partial charge in [0.2, 0.25) is 0 Å². The summed E-state index contributed by atoms with van der Waals surface area (Å²) in [5.41, 5.74) is 2.56. The fourth-order valence-corrected chi connectivity index (χ4v) is 3.27. The van der Waals surface area contributed by atoms with Crippen LogP contribution in [0.25, 0.3) is 10.9 Å². The highest BCUT2D eigenvalue weighted by atomic mass is 16.5. The minimum atomic E-state index is 0.611. The molecule has 0 spiro atoms. The lowest BCUT2D eigenvalue weighted by atomic mass is 9.85. The van der Waals surface area contributed by atoms with Crippen LogP contribution in [0.5, 0.6) is 5.75 Å². The Balaban J connectivity index is 2.04. The first kappa shape index (κ1) is 12.5. The maximum Gasteiger partial charge on any atom is 0.122 e. The predicted molar refractivity (Wildman–Crippen MR) is 79.0 cm³/mol. The van der Waals surface area contributed by atoms with E-state index in [0.29, 0.717) is 12.1 Å². The van der Waals surface area contributed by atoms with Crippen LogP contribution in [0.2, 0.25) is 0 Å². The zero-order valence-electron chi connectivity index (χ0n) is 12.2. The van der Waals surface area contributed by atoms with Gasteiger partial charge in [0.05, 0.1) is 7.11 Å². The lowest BCUT2D eigenvalue weighted by Gasteiger charge is -2.42. The second-order valence-corrected chi connectivity index (χ2v) is 5.72. The quantitative estimate of drug-likeness (QED) is 0.841. The van der Waals surface area contributed by atoms with E-state index >= 15 is 0 Å². The highest BCUT2D eigenvalue weighted by Gasteiger charge is 2.34. The smallest absolute Gasteiger partial charge is 0.122 e. The first-order valence-electron chi connectivity index (χ1n) is 6.94. The standard InChI is InChI=1S/C16H22N2O/c1-11-12-9-10-18(13(12)7-8-16(11)19-4)15-6-5-14(15)17(2)3/h7-10,14-15H,5-6H2,1-4H3. The summed E-state index contributed by atoms with van der Waals surface area (Å²) in [4.78, 5) is 2.34. The molecule has 2 aromatic rings. The number of fused-ring (bicyclic) bond motifs is 1. The van der Waals surface area contributed by atoms with E-state index in [-0.39, 0.29) is 0 Å². The fourth-order valence-electron chi connectivity index (χ4n) is 3.27. The van der Waals surface area contributed by atoms with E-state index in [4.69, 9.17) is 4.74 Å². The third-order valence-corrected chi connectivity index (χ3v) is 4.56. The average Bonchev–Trinajstić information content (AvgIpc) is 2.72. The number of hydrogen-bond acceptors (Lipinski definition) is 2. The van der Waals surface area contributed by atoms with Gasteiger partial charge in [0.25, 0.3) is 0 Å². The molecular formula is C16H22N2O. The molecule has 1 aliphatic rings. The van der Waals surface area contributed by atoms with Gasteiger partial charge in [0.1, 0.15) is 5.75 Å². The van der Waals surface area contributed by atoms with Gasteiger partial charge in [-0.3, -0.25) is 0 Å². The van der Waals surface area contributed by atoms with Crippen LogP contribution in [0.3, 0.4) is 0 Å². The van der Waals surface area contributed by atoms with E-state index in [1.54, 1.807) is 7.11 Å². The molecule has 3 heteroatoms. The van der Waals surface area contributed by atoms with E-state index in [0.717, 1.165) is 5.75 Å². The molecule has 0 aliphatic heterocycles. The summed E-state index contributed by atoms with van der Waals surface area (Å²) in [7, 11) is 6.09. The van der Waals surface area contributed by atoms with Gasteiger partial charge in [0, 0.05) is 34.7 Å². The number of ether oxygens (including phenoxy) is 1. The second kappa shape index (κ2) is 4.57. The predicted octanol–water partition coefficient (Wildman–Crippen LogP) is 3.22. The Morgan fingerprint density at radius 1 is 1.21 bits per heavy atom. The Morgan fingerprint density at radius 2 is 2.00 bits per heavy atom. The Kier molecular flexibility index (Phi) is 3.02. The first-order valence-corrected chi connectivity index (χ1v) is 6.94. The molecule has 2 atom stereocenters. The molecule has 0 saturated heterocycles. The molecule has 19 heavy (non-hydrogen) atoms. The van der Waals surface area contributed by atoms with Crippen molar-refractivity contribution in [2.24, 2.45) is 0 Å². The minimum absolute atomic E-state index is 0.611. The van der Waals surface area contributed by atoms with Gasteiger partial charge in [-0.15, -0.1) is 0 Å². The van der Waals surface area contributed by atoms with Gasteiger partial charge in [-0.25, -0.2) is 0 Å². The normalized spacial score (nSPS) is 22.8. The molecule has 0 amide bonds. The van der Waals surface area contributed by atoms with Crippen molar-refractivity contribution < 1.29 is 4.74 Å². The topological polar surface area (TPSA) is 17.4 Å². The Hall–Kier alpha value is -1.48. The molecule has 1 saturated carbocycles. The molecule has 1 fully saturated rings. The van der Waals surface area contributed by atoms with Crippen LogP contribution in [0.1, 0.15) is 24.4 Å². The van der Waals surface area contributed by atoms with Crippen LogP contribution in [-0.4, -0.2) is 36.7 Å². The van der Waals surface area contributed by atoms with Crippen LogP contribution < -0.4 is 4.74 Å². The van der Waals surface area contributed by atoms with Crippen molar-refractivity contribution in [2.45, 2.75) is 31.8 Å². The van der Waals surface area contributed by atoms with E-state index in [1.165, 1.54) is 29.3 Å². The molecule has 0 N–H and O–H groups in total. The van der Waals surface area contributed by atoms with Gasteiger partial charge in [-0.05, 0) is 52.1 Å². The molecule has 1 aliphatic carbocycles. The Bertz CT molecular complexity index is 600. The summed E-state index contributed by atoms with van der Waals surface area (Å²) in [6.45, 7) is 2.13. The molecule has 1 heterocycles. The SMILES string of the molecule is COc1ccc2c(ccn2C2CCC2N(C)C)c1C. The van der Waals surface area contributed by atoms with E-state index < -0.39 is 0 Å². The number of aromatic nitrogens is 1. The van der Waals surface area contributed by atoms with Gasteiger partial charge in [0.15, 0.2) is 0 Å². The van der Waals surface area contributed by atoms with Crippen LogP contribution in [0.4, 0.5) is 0 Å². The second-order valence-electron chi connectivity index (χ2n) is 5.72. The van der Waals surface area contributed by atoms with Gasteiger partial charge >= 0.3 is 0 Å².